The van der Waals surface area contributed by atoms with Gasteiger partial charge >= 0.3 is 0 Å². The lowest BCUT2D eigenvalue weighted by atomic mass is 10.1. The summed E-state index contributed by atoms with van der Waals surface area (Å²) in [6, 6.07) is 26.1. The second-order valence-corrected chi connectivity index (χ2v) is 13.2. The van der Waals surface area contributed by atoms with Gasteiger partial charge in [-0.15, -0.1) is 0 Å². The molecule has 0 atom stereocenters. The third-order valence-corrected chi connectivity index (χ3v) is 10.4. The van der Waals surface area contributed by atoms with Crippen molar-refractivity contribution < 1.29 is 17.9 Å². The van der Waals surface area contributed by atoms with E-state index < -0.39 is 10.0 Å². The minimum absolute atomic E-state index is 0.193. The number of nitrogens with zero attached hydrogens (tertiary/aromatic N) is 6. The Hall–Kier alpha value is -4.84. The number of ether oxygens (including phenoxy) is 2. The Morgan fingerprint density at radius 1 is 0.609 bits per heavy atom. The van der Waals surface area contributed by atoms with Gasteiger partial charge < -0.3 is 19.3 Å². The summed E-state index contributed by atoms with van der Waals surface area (Å²) >= 11 is 0. The van der Waals surface area contributed by atoms with Crippen molar-refractivity contribution in [3.8, 4) is 22.6 Å². The normalized spacial score (nSPS) is 15.9. The maximum atomic E-state index is 14.2. The van der Waals surface area contributed by atoms with Gasteiger partial charge in [0.1, 0.15) is 0 Å². The first-order valence-corrected chi connectivity index (χ1v) is 16.8. The zero-order valence-corrected chi connectivity index (χ0v) is 25.9. The molecule has 0 amide bonds. The van der Waals surface area contributed by atoms with Gasteiger partial charge in [0.15, 0.2) is 5.65 Å². The highest BCUT2D eigenvalue weighted by atomic mass is 32.2. The van der Waals surface area contributed by atoms with Gasteiger partial charge in [0.2, 0.25) is 0 Å². The second kappa shape index (κ2) is 11.8. The summed E-state index contributed by atoms with van der Waals surface area (Å²) in [4.78, 5) is 19.1. The summed E-state index contributed by atoms with van der Waals surface area (Å²) in [7, 11) is -3.98. The van der Waals surface area contributed by atoms with E-state index in [0.717, 1.165) is 59.6 Å². The van der Waals surface area contributed by atoms with Crippen LogP contribution < -0.4 is 9.80 Å². The minimum atomic E-state index is -3.98. The molecule has 4 aromatic heterocycles. The topological polar surface area (TPSA) is 103 Å². The number of hydrogen-bond donors (Lipinski definition) is 0. The molecular weight excluding hydrogens is 600 g/mol. The Labute approximate surface area is 266 Å². The summed E-state index contributed by atoms with van der Waals surface area (Å²) in [6.07, 6.45) is 3.73. The monoisotopic (exact) mass is 632 g/mol. The fourth-order valence-electron chi connectivity index (χ4n) is 6.21. The van der Waals surface area contributed by atoms with Crippen molar-refractivity contribution in [2.45, 2.75) is 4.90 Å². The first kappa shape index (κ1) is 28.6. The summed E-state index contributed by atoms with van der Waals surface area (Å²) in [5.41, 5.74) is 5.93. The largest absolute Gasteiger partial charge is 0.378 e. The van der Waals surface area contributed by atoms with Crippen molar-refractivity contribution in [1.82, 2.24) is 18.9 Å². The van der Waals surface area contributed by atoms with Crippen molar-refractivity contribution in [1.29, 1.82) is 0 Å². The van der Waals surface area contributed by atoms with Crippen molar-refractivity contribution in [2.24, 2.45) is 0 Å². The van der Waals surface area contributed by atoms with Crippen molar-refractivity contribution in [2.75, 3.05) is 62.4 Å². The van der Waals surface area contributed by atoms with E-state index in [4.69, 9.17) is 24.4 Å². The van der Waals surface area contributed by atoms with Crippen LogP contribution in [-0.2, 0) is 19.5 Å². The number of hydrogen-bond acceptors (Lipinski definition) is 9. The fourth-order valence-corrected chi connectivity index (χ4v) is 7.71. The zero-order valence-electron chi connectivity index (χ0n) is 25.1. The van der Waals surface area contributed by atoms with E-state index in [1.807, 2.05) is 60.9 Å². The summed E-state index contributed by atoms with van der Waals surface area (Å²) < 4.78 is 40.7. The second-order valence-electron chi connectivity index (χ2n) is 11.4. The number of pyridine rings is 3. The van der Waals surface area contributed by atoms with Crippen LogP contribution in [-0.4, -0.2) is 79.9 Å². The molecule has 6 aromatic rings. The Balaban J connectivity index is 1.23. The van der Waals surface area contributed by atoms with E-state index in [2.05, 4.69) is 15.9 Å². The molecule has 10 nitrogen and oxygen atoms in total. The molecule has 0 spiro atoms. The van der Waals surface area contributed by atoms with Gasteiger partial charge in [-0.05, 0) is 60.7 Å². The van der Waals surface area contributed by atoms with Crippen LogP contribution in [0, 0.1) is 0 Å². The Bertz CT molecular complexity index is 2120. The third kappa shape index (κ3) is 5.16. The highest BCUT2D eigenvalue weighted by molar-refractivity contribution is 7.90. The van der Waals surface area contributed by atoms with Crippen LogP contribution in [0.1, 0.15) is 0 Å². The lowest BCUT2D eigenvalue weighted by Crippen LogP contribution is -2.36. The van der Waals surface area contributed by atoms with Crippen molar-refractivity contribution in [3.63, 3.8) is 0 Å². The van der Waals surface area contributed by atoms with Crippen molar-refractivity contribution in [3.05, 3.63) is 97.3 Å². The Morgan fingerprint density at radius 2 is 1.22 bits per heavy atom. The predicted octanol–water partition coefficient (Wildman–Crippen LogP) is 5.22. The first-order chi connectivity index (χ1) is 22.6. The van der Waals surface area contributed by atoms with E-state index >= 15 is 0 Å². The standard InChI is InChI=1S/C35H32N6O4S/c42-46(43,28-4-2-1-3-5-28)41-34-13-6-25(31-10-7-26(23-36-31)39-14-18-44-19-15-39)22-30(34)29-9-12-33(38-35(29)41)32-11-8-27(24-37-32)40-16-20-45-21-17-40/h1-13,22-24H,14-21H2. The molecular formula is C35H32N6O4S. The molecule has 2 saturated heterocycles. The van der Waals surface area contributed by atoms with Gasteiger partial charge in [0.25, 0.3) is 10.0 Å². The maximum Gasteiger partial charge on any atom is 0.269 e. The molecule has 2 aromatic carbocycles. The average Bonchev–Trinajstić information content (AvgIpc) is 3.47. The van der Waals surface area contributed by atoms with Gasteiger partial charge in [0.05, 0.1) is 77.7 Å². The molecule has 0 unspecified atom stereocenters. The molecule has 0 saturated carbocycles. The molecule has 0 N–H and O–H groups in total. The van der Waals surface area contributed by atoms with E-state index in [1.165, 1.54) is 3.97 Å². The summed E-state index contributed by atoms with van der Waals surface area (Å²) in [6.45, 7) is 6.11. The fraction of sp³-hybridized carbons (Fsp3) is 0.229. The van der Waals surface area contributed by atoms with Crippen LogP contribution in [0.4, 0.5) is 11.4 Å². The molecule has 11 heteroatoms. The molecule has 2 aliphatic heterocycles. The van der Waals surface area contributed by atoms with Crippen LogP contribution in [0.15, 0.2) is 102 Å². The molecule has 2 aliphatic rings. The average molecular weight is 633 g/mol. The molecule has 2 fully saturated rings. The van der Waals surface area contributed by atoms with E-state index in [0.29, 0.717) is 49.0 Å². The van der Waals surface area contributed by atoms with E-state index in [-0.39, 0.29) is 4.90 Å². The highest BCUT2D eigenvalue weighted by Gasteiger charge is 2.25. The highest BCUT2D eigenvalue weighted by Crippen LogP contribution is 2.36. The molecule has 6 heterocycles. The molecule has 8 rings (SSSR count). The lowest BCUT2D eigenvalue weighted by molar-refractivity contribution is 0.122. The van der Waals surface area contributed by atoms with Crippen LogP contribution >= 0.6 is 0 Å². The smallest absolute Gasteiger partial charge is 0.269 e. The van der Waals surface area contributed by atoms with Crippen LogP contribution in [0.5, 0.6) is 0 Å². The lowest BCUT2D eigenvalue weighted by Gasteiger charge is -2.28. The van der Waals surface area contributed by atoms with Crippen LogP contribution in [0.2, 0.25) is 0 Å². The molecule has 46 heavy (non-hydrogen) atoms. The van der Waals surface area contributed by atoms with Gasteiger partial charge in [0, 0.05) is 42.5 Å². The van der Waals surface area contributed by atoms with Gasteiger partial charge in [-0.25, -0.2) is 17.4 Å². The Kier molecular flexibility index (Phi) is 7.36. The molecule has 232 valence electrons. The zero-order chi connectivity index (χ0) is 31.1. The van der Waals surface area contributed by atoms with Crippen LogP contribution in [0.3, 0.4) is 0 Å². The maximum absolute atomic E-state index is 14.2. The molecule has 0 aliphatic carbocycles. The van der Waals surface area contributed by atoms with Gasteiger partial charge in [-0.2, -0.15) is 0 Å². The number of rotatable bonds is 6. The van der Waals surface area contributed by atoms with Crippen molar-refractivity contribution >= 4 is 43.3 Å². The number of aromatic nitrogens is 4. The number of morpholine rings is 2. The third-order valence-electron chi connectivity index (χ3n) is 8.66. The number of benzene rings is 2. The van der Waals surface area contributed by atoms with E-state index in [1.54, 1.807) is 30.3 Å². The number of fused-ring (bicyclic) bond motifs is 3. The van der Waals surface area contributed by atoms with Gasteiger partial charge in [-0.3, -0.25) is 9.97 Å². The quantitative estimate of drug-likeness (QED) is 0.244. The van der Waals surface area contributed by atoms with Crippen LogP contribution in [0.25, 0.3) is 44.6 Å². The van der Waals surface area contributed by atoms with Gasteiger partial charge in [-0.1, -0.05) is 24.3 Å². The predicted molar refractivity (Wildman–Crippen MR) is 179 cm³/mol. The summed E-state index contributed by atoms with van der Waals surface area (Å²) in [5, 5.41) is 1.51. The Morgan fingerprint density at radius 3 is 1.83 bits per heavy atom. The van der Waals surface area contributed by atoms with E-state index in [9.17, 15) is 8.42 Å². The summed E-state index contributed by atoms with van der Waals surface area (Å²) in [5.74, 6) is 0. The SMILES string of the molecule is O=S(=O)(c1ccccc1)n1c2ccc(-c3ccc(N4CCOCC4)cn3)cc2c2ccc(-c3ccc(N4CCOCC4)cn3)nc21. The molecule has 0 radical (unpaired) electrons. The number of anilines is 2. The minimum Gasteiger partial charge on any atom is -0.378 e. The first-order valence-electron chi connectivity index (χ1n) is 15.4. The molecule has 0 bridgehead atoms.